The number of hydrogen-bond donors (Lipinski definition) is 2. The van der Waals surface area contributed by atoms with Crippen LogP contribution in [0.4, 0.5) is 0 Å². The number of hydrogen-bond acceptors (Lipinski definition) is 2. The first kappa shape index (κ1) is 32.4. The fraction of sp³-hybridized carbons (Fsp3) is 0.423. The van der Waals surface area contributed by atoms with Gasteiger partial charge in [-0.25, -0.2) is 0 Å². The monoisotopic (exact) mass is 732 g/mol. The van der Waals surface area contributed by atoms with Gasteiger partial charge in [-0.2, -0.15) is 0 Å². The van der Waals surface area contributed by atoms with Crippen LogP contribution in [0.3, 0.4) is 0 Å². The molecular formula is C52H52N4. The minimum Gasteiger partial charge on any atom is -0.358 e. The van der Waals surface area contributed by atoms with Gasteiger partial charge in [0.05, 0.1) is 22.8 Å². The molecule has 3 aliphatic heterocycles. The van der Waals surface area contributed by atoms with Gasteiger partial charge in [0, 0.05) is 45.8 Å². The van der Waals surface area contributed by atoms with Gasteiger partial charge in [0.2, 0.25) is 0 Å². The lowest BCUT2D eigenvalue weighted by molar-refractivity contribution is -0.0629. The summed E-state index contributed by atoms with van der Waals surface area (Å²) in [5.41, 5.74) is 15.0. The van der Waals surface area contributed by atoms with Crippen molar-refractivity contribution < 1.29 is 0 Å². The maximum atomic E-state index is 5.76. The molecular weight excluding hydrogens is 681 g/mol. The van der Waals surface area contributed by atoms with Gasteiger partial charge in [0.1, 0.15) is 0 Å². The van der Waals surface area contributed by atoms with Crippen LogP contribution in [-0.4, -0.2) is 21.4 Å². The van der Waals surface area contributed by atoms with Gasteiger partial charge in [-0.05, 0) is 183 Å². The van der Waals surface area contributed by atoms with E-state index in [1.165, 1.54) is 134 Å². The Bertz CT molecular complexity index is 2240. The van der Waals surface area contributed by atoms with Crippen LogP contribution in [0, 0.1) is 52.3 Å². The number of aromatic nitrogens is 2. The van der Waals surface area contributed by atoms with Crippen LogP contribution in [0.1, 0.15) is 117 Å². The summed E-state index contributed by atoms with van der Waals surface area (Å²) in [5.74, 6) is 5.59. The molecule has 15 rings (SSSR count). The molecule has 2 N–H and O–H groups in total. The lowest BCUT2D eigenvalue weighted by Crippen LogP contribution is -2.53. The summed E-state index contributed by atoms with van der Waals surface area (Å²) in [4.78, 5) is 19.8. The van der Waals surface area contributed by atoms with E-state index in [0.29, 0.717) is 0 Å². The number of aliphatic imine (C=N–C) groups is 2. The zero-order valence-corrected chi connectivity index (χ0v) is 32.4. The number of H-pyrrole nitrogens is 2. The number of aromatic amines is 2. The van der Waals surface area contributed by atoms with Crippen molar-refractivity contribution in [3.8, 4) is 0 Å². The van der Waals surface area contributed by atoms with E-state index < -0.39 is 0 Å². The van der Waals surface area contributed by atoms with E-state index in [-0.39, 0.29) is 22.7 Å². The van der Waals surface area contributed by atoms with Crippen molar-refractivity contribution in [3.63, 3.8) is 0 Å². The third-order valence-electron chi connectivity index (χ3n) is 16.5. The molecule has 0 radical (unpaired) electrons. The lowest BCUT2D eigenvalue weighted by atomic mass is 9.45. The Kier molecular flexibility index (Phi) is 6.89. The summed E-state index contributed by atoms with van der Waals surface area (Å²) in [6.07, 6.45) is 26.0. The Labute approximate surface area is 331 Å². The average Bonchev–Trinajstić information content (AvgIpc) is 4.02. The summed E-state index contributed by atoms with van der Waals surface area (Å²) in [5, 5.41) is 0. The number of nitrogens with one attached hydrogen (secondary N) is 2. The smallest absolute Gasteiger partial charge is 0.0733 e. The number of nitrogens with zero attached hydrogens (tertiary/aromatic N) is 2. The molecule has 2 aromatic carbocycles. The first-order valence-corrected chi connectivity index (χ1v) is 22.1. The predicted octanol–water partition coefficient (Wildman–Crippen LogP) is 12.1. The zero-order chi connectivity index (χ0) is 36.6. The number of fused-ring (bicyclic) bond motifs is 6. The highest BCUT2D eigenvalue weighted by molar-refractivity contribution is 6.20. The second kappa shape index (κ2) is 11.9. The number of rotatable bonds is 4. The van der Waals surface area contributed by atoms with Gasteiger partial charge in [0.15, 0.2) is 0 Å². The van der Waals surface area contributed by atoms with Gasteiger partial charge in [-0.15, -0.1) is 0 Å². The fourth-order valence-corrected chi connectivity index (χ4v) is 15.6. The number of allylic oxidation sites excluding steroid dienone is 4. The topological polar surface area (TPSA) is 56.3 Å². The first-order chi connectivity index (χ1) is 27.5. The third-order valence-corrected chi connectivity index (χ3v) is 16.5. The Morgan fingerprint density at radius 1 is 0.411 bits per heavy atom. The molecule has 2 atom stereocenters. The van der Waals surface area contributed by atoms with Gasteiger partial charge < -0.3 is 9.97 Å². The normalized spacial score (nSPS) is 38.5. The van der Waals surface area contributed by atoms with Crippen LogP contribution in [0.15, 0.2) is 131 Å². The average molecular weight is 733 g/mol. The highest BCUT2D eigenvalue weighted by Gasteiger charge is 2.57. The molecule has 2 unspecified atom stereocenters. The molecule has 16 bridgehead atoms. The second-order valence-corrected chi connectivity index (χ2v) is 20.1. The summed E-state index contributed by atoms with van der Waals surface area (Å²) in [6, 6.07) is 31.7. The standard InChI is InChI=1S/C52H52N4/c1-3-7-37(8-4-1)47-39-11-15-43(53-39)49(51-25-31-19-32(26-51)21-33(20-31)27-51)45-17-13-41(55-45)48(38-9-5-2-6-10-38)42-14-18-46(56-42)50(44-16-12-40(47)54-44)52-28-34-22-35(29-52)24-36(23-34)30-52/h1-18,31-36,49-50,53,55H,19-30H2/b47-40-,48-42?. The molecule has 4 nitrogen and oxygen atoms in total. The Hall–Kier alpha value is -4.70. The Balaban J connectivity index is 1.06. The van der Waals surface area contributed by atoms with Gasteiger partial charge in [-0.3, -0.25) is 9.98 Å². The van der Waals surface area contributed by atoms with Crippen LogP contribution in [0.2, 0.25) is 0 Å². The maximum Gasteiger partial charge on any atom is 0.0733 e. The van der Waals surface area contributed by atoms with Crippen molar-refractivity contribution in [2.24, 2.45) is 62.2 Å². The van der Waals surface area contributed by atoms with Crippen LogP contribution in [0.25, 0.3) is 11.1 Å². The minimum atomic E-state index is 0.180. The molecule has 8 aliphatic carbocycles. The van der Waals surface area contributed by atoms with Crippen molar-refractivity contribution in [1.29, 1.82) is 0 Å². The molecule has 4 heteroatoms. The van der Waals surface area contributed by atoms with Crippen molar-refractivity contribution in [2.45, 2.75) is 83.0 Å². The van der Waals surface area contributed by atoms with Crippen LogP contribution in [0.5, 0.6) is 0 Å². The molecule has 0 amide bonds. The number of benzene rings is 2. The van der Waals surface area contributed by atoms with Crippen LogP contribution in [-0.2, 0) is 0 Å². The SMILES string of the molecule is C1=CC2=C(c3ccccc3)c3ccc([nH]3)C(C34CC5CC(CC(C5)C3)C4)c3ccc([nH]3)/C(c3ccccc3)=C3/C=CC(=N3)C(C34CC5CC(CC(C5)C3)C4)C1=N2. The zero-order valence-electron chi connectivity index (χ0n) is 32.4. The fourth-order valence-electron chi connectivity index (χ4n) is 15.6. The molecule has 0 spiro atoms. The van der Waals surface area contributed by atoms with E-state index in [1.807, 2.05) is 0 Å². The van der Waals surface area contributed by atoms with Crippen LogP contribution >= 0.6 is 0 Å². The quantitative estimate of drug-likeness (QED) is 0.210. The third kappa shape index (κ3) is 4.89. The maximum absolute atomic E-state index is 5.76. The van der Waals surface area contributed by atoms with E-state index in [9.17, 15) is 0 Å². The van der Waals surface area contributed by atoms with E-state index in [2.05, 4.69) is 119 Å². The molecule has 0 saturated heterocycles. The summed E-state index contributed by atoms with van der Waals surface area (Å²) >= 11 is 0. The van der Waals surface area contributed by atoms with E-state index >= 15 is 0 Å². The Morgan fingerprint density at radius 2 is 0.786 bits per heavy atom. The molecule has 2 aromatic heterocycles. The highest BCUT2D eigenvalue weighted by atomic mass is 14.9. The molecule has 8 saturated carbocycles. The van der Waals surface area contributed by atoms with Crippen molar-refractivity contribution >= 4 is 22.6 Å². The van der Waals surface area contributed by atoms with Gasteiger partial charge in [-0.1, -0.05) is 60.7 Å². The van der Waals surface area contributed by atoms with Gasteiger partial charge in [0.25, 0.3) is 0 Å². The second-order valence-electron chi connectivity index (χ2n) is 20.1. The van der Waals surface area contributed by atoms with Crippen molar-refractivity contribution in [3.05, 3.63) is 155 Å². The van der Waals surface area contributed by atoms with E-state index in [4.69, 9.17) is 9.98 Å². The largest absolute Gasteiger partial charge is 0.358 e. The van der Waals surface area contributed by atoms with Crippen LogP contribution < -0.4 is 0 Å². The molecule has 56 heavy (non-hydrogen) atoms. The van der Waals surface area contributed by atoms with Gasteiger partial charge >= 0.3 is 0 Å². The first-order valence-electron chi connectivity index (χ1n) is 22.1. The molecule has 8 fully saturated rings. The Morgan fingerprint density at radius 3 is 1.18 bits per heavy atom. The molecule has 11 aliphatic rings. The van der Waals surface area contributed by atoms with E-state index in [1.54, 1.807) is 0 Å². The highest BCUT2D eigenvalue weighted by Crippen LogP contribution is 2.66. The summed E-state index contributed by atoms with van der Waals surface area (Å²) < 4.78 is 0. The van der Waals surface area contributed by atoms with Crippen molar-refractivity contribution in [1.82, 2.24) is 9.97 Å². The summed E-state index contributed by atoms with van der Waals surface area (Å²) in [6.45, 7) is 0. The molecule has 280 valence electrons. The molecule has 5 heterocycles. The minimum absolute atomic E-state index is 0.180. The predicted molar refractivity (Wildman–Crippen MR) is 226 cm³/mol. The van der Waals surface area contributed by atoms with Crippen molar-refractivity contribution in [2.75, 3.05) is 0 Å². The lowest BCUT2D eigenvalue weighted by Gasteiger charge is -2.59. The van der Waals surface area contributed by atoms with E-state index in [0.717, 1.165) is 46.9 Å². The summed E-state index contributed by atoms with van der Waals surface area (Å²) in [7, 11) is 0. The molecule has 4 aromatic rings.